The third-order valence-electron chi connectivity index (χ3n) is 3.43. The summed E-state index contributed by atoms with van der Waals surface area (Å²) in [5.41, 5.74) is 1.97. The predicted molar refractivity (Wildman–Crippen MR) is 93.3 cm³/mol. The van der Waals surface area contributed by atoms with Crippen LogP contribution in [0.5, 0.6) is 0 Å². The molecule has 3 nitrogen and oxygen atoms in total. The van der Waals surface area contributed by atoms with E-state index >= 15 is 0 Å². The normalized spacial score (nSPS) is 13.3. The average Bonchev–Trinajstić information content (AvgIpc) is 2.46. The van der Waals surface area contributed by atoms with E-state index in [1.165, 1.54) is 7.11 Å². The number of rotatable bonds is 4. The second-order valence-corrected chi connectivity index (χ2v) is 6.36. The fourth-order valence-electron chi connectivity index (χ4n) is 2.24. The summed E-state index contributed by atoms with van der Waals surface area (Å²) in [4.78, 5) is 12.3. The van der Waals surface area contributed by atoms with Crippen LogP contribution in [0.2, 0.25) is 0 Å². The van der Waals surface area contributed by atoms with Crippen molar-refractivity contribution in [3.05, 3.63) is 63.2 Å². The molecule has 2 aromatic carbocycles. The predicted octanol–water partition coefficient (Wildman–Crippen LogP) is 4.10. The highest BCUT2D eigenvalue weighted by atomic mass is 127. The highest BCUT2D eigenvalue weighted by Crippen LogP contribution is 2.28. The standard InChI is InChI=1S/C17H18INO2/c1-12-5-4-6-15(11-12)19-17(2,16(20)21-3)13-7-9-14(18)10-8-13/h4-11,19H,1-3H3. The molecular weight excluding hydrogens is 377 g/mol. The molecule has 0 aromatic heterocycles. The van der Waals surface area contributed by atoms with E-state index in [1.807, 2.05) is 62.4 Å². The van der Waals surface area contributed by atoms with Gasteiger partial charge in [-0.15, -0.1) is 0 Å². The number of aryl methyl sites for hydroxylation is 1. The van der Waals surface area contributed by atoms with Crippen LogP contribution in [-0.2, 0) is 15.1 Å². The number of halogens is 1. The number of carbonyl (C=O) groups is 1. The minimum Gasteiger partial charge on any atom is -0.467 e. The van der Waals surface area contributed by atoms with Gasteiger partial charge in [-0.25, -0.2) is 4.79 Å². The molecule has 1 unspecified atom stereocenters. The van der Waals surface area contributed by atoms with Gasteiger partial charge in [-0.05, 0) is 71.8 Å². The van der Waals surface area contributed by atoms with Crippen LogP contribution >= 0.6 is 22.6 Å². The molecule has 1 N–H and O–H groups in total. The van der Waals surface area contributed by atoms with Crippen LogP contribution in [0.25, 0.3) is 0 Å². The lowest BCUT2D eigenvalue weighted by Gasteiger charge is -2.29. The van der Waals surface area contributed by atoms with Gasteiger partial charge >= 0.3 is 5.97 Å². The van der Waals surface area contributed by atoms with Crippen LogP contribution in [0.1, 0.15) is 18.1 Å². The molecule has 0 bridgehead atoms. The van der Waals surface area contributed by atoms with E-state index in [1.54, 1.807) is 0 Å². The van der Waals surface area contributed by atoms with Gasteiger partial charge in [0, 0.05) is 9.26 Å². The van der Waals surface area contributed by atoms with Crippen LogP contribution in [0, 0.1) is 10.5 Å². The molecular formula is C17H18INO2. The maximum absolute atomic E-state index is 12.3. The first-order valence-electron chi connectivity index (χ1n) is 6.65. The molecule has 0 aliphatic rings. The molecule has 1 atom stereocenters. The van der Waals surface area contributed by atoms with Crippen molar-refractivity contribution in [2.24, 2.45) is 0 Å². The summed E-state index contributed by atoms with van der Waals surface area (Å²) in [6.07, 6.45) is 0. The van der Waals surface area contributed by atoms with Gasteiger partial charge in [-0.3, -0.25) is 0 Å². The van der Waals surface area contributed by atoms with Crippen molar-refractivity contribution in [2.75, 3.05) is 12.4 Å². The lowest BCUT2D eigenvalue weighted by Crippen LogP contribution is -2.41. The zero-order valence-electron chi connectivity index (χ0n) is 12.3. The maximum atomic E-state index is 12.3. The topological polar surface area (TPSA) is 38.3 Å². The summed E-state index contributed by atoms with van der Waals surface area (Å²) in [5.74, 6) is -0.315. The zero-order valence-corrected chi connectivity index (χ0v) is 14.5. The highest BCUT2D eigenvalue weighted by Gasteiger charge is 2.36. The largest absolute Gasteiger partial charge is 0.467 e. The van der Waals surface area contributed by atoms with Crippen molar-refractivity contribution in [2.45, 2.75) is 19.4 Å². The van der Waals surface area contributed by atoms with Crippen LogP contribution in [0.15, 0.2) is 48.5 Å². The average molecular weight is 395 g/mol. The Kier molecular flexibility index (Phi) is 4.88. The summed E-state index contributed by atoms with van der Waals surface area (Å²) in [6.45, 7) is 3.86. The molecule has 0 radical (unpaired) electrons. The zero-order chi connectivity index (χ0) is 15.5. The third kappa shape index (κ3) is 3.56. The van der Waals surface area contributed by atoms with Gasteiger partial charge in [0.2, 0.25) is 0 Å². The monoisotopic (exact) mass is 395 g/mol. The Morgan fingerprint density at radius 2 is 1.86 bits per heavy atom. The number of anilines is 1. The van der Waals surface area contributed by atoms with Crippen LogP contribution in [0.3, 0.4) is 0 Å². The minimum atomic E-state index is -0.924. The summed E-state index contributed by atoms with van der Waals surface area (Å²) >= 11 is 2.24. The number of esters is 1. The number of carbonyl (C=O) groups excluding carboxylic acids is 1. The van der Waals surface area contributed by atoms with Crippen molar-refractivity contribution in [1.82, 2.24) is 0 Å². The summed E-state index contributed by atoms with van der Waals surface area (Å²) in [7, 11) is 1.41. The quantitative estimate of drug-likeness (QED) is 0.626. The van der Waals surface area contributed by atoms with Crippen LogP contribution in [-0.4, -0.2) is 13.1 Å². The van der Waals surface area contributed by atoms with Gasteiger partial charge in [0.1, 0.15) is 0 Å². The Morgan fingerprint density at radius 3 is 2.43 bits per heavy atom. The van der Waals surface area contributed by atoms with Crippen LogP contribution in [0.4, 0.5) is 5.69 Å². The molecule has 0 spiro atoms. The Balaban J connectivity index is 2.42. The SMILES string of the molecule is COC(=O)C(C)(Nc1cccc(C)c1)c1ccc(I)cc1. The fourth-order valence-corrected chi connectivity index (χ4v) is 2.60. The van der Waals surface area contributed by atoms with Crippen molar-refractivity contribution in [3.63, 3.8) is 0 Å². The molecule has 0 heterocycles. The molecule has 0 aliphatic heterocycles. The first-order chi connectivity index (χ1) is 9.95. The number of nitrogens with one attached hydrogen (secondary N) is 1. The van der Waals surface area contributed by atoms with E-state index in [2.05, 4.69) is 27.9 Å². The van der Waals surface area contributed by atoms with Gasteiger partial charge in [-0.1, -0.05) is 24.3 Å². The van der Waals surface area contributed by atoms with Gasteiger partial charge in [0.05, 0.1) is 7.11 Å². The molecule has 0 saturated heterocycles. The summed E-state index contributed by atoms with van der Waals surface area (Å²) in [6, 6.07) is 15.8. The molecule has 110 valence electrons. The second-order valence-electron chi connectivity index (χ2n) is 5.12. The molecule has 21 heavy (non-hydrogen) atoms. The van der Waals surface area contributed by atoms with Gasteiger partial charge < -0.3 is 10.1 Å². The molecule has 2 aromatic rings. The molecule has 0 fully saturated rings. The number of hydrogen-bond acceptors (Lipinski definition) is 3. The van der Waals surface area contributed by atoms with Gasteiger partial charge in [0.15, 0.2) is 5.54 Å². The van der Waals surface area contributed by atoms with Crippen molar-refractivity contribution < 1.29 is 9.53 Å². The number of hydrogen-bond donors (Lipinski definition) is 1. The number of ether oxygens (including phenoxy) is 1. The van der Waals surface area contributed by atoms with Crippen molar-refractivity contribution in [1.29, 1.82) is 0 Å². The molecule has 0 aliphatic carbocycles. The number of benzene rings is 2. The van der Waals surface area contributed by atoms with Crippen molar-refractivity contribution in [3.8, 4) is 0 Å². The first kappa shape index (κ1) is 15.8. The Bertz CT molecular complexity index is 639. The first-order valence-corrected chi connectivity index (χ1v) is 7.73. The summed E-state index contributed by atoms with van der Waals surface area (Å²) in [5, 5.41) is 3.31. The minimum absolute atomic E-state index is 0.315. The van der Waals surface area contributed by atoms with Crippen molar-refractivity contribution >= 4 is 34.2 Å². The molecule has 0 saturated carbocycles. The number of methoxy groups -OCH3 is 1. The second kappa shape index (κ2) is 6.47. The van der Waals surface area contributed by atoms with E-state index in [-0.39, 0.29) is 5.97 Å². The molecule has 4 heteroatoms. The Hall–Kier alpha value is -1.56. The maximum Gasteiger partial charge on any atom is 0.335 e. The highest BCUT2D eigenvalue weighted by molar-refractivity contribution is 14.1. The molecule has 2 rings (SSSR count). The van der Waals surface area contributed by atoms with E-state index in [9.17, 15) is 4.79 Å². The van der Waals surface area contributed by atoms with Gasteiger partial charge in [-0.2, -0.15) is 0 Å². The van der Waals surface area contributed by atoms with E-state index in [0.29, 0.717) is 0 Å². The Morgan fingerprint density at radius 1 is 1.19 bits per heavy atom. The smallest absolute Gasteiger partial charge is 0.335 e. The van der Waals surface area contributed by atoms with Crippen LogP contribution < -0.4 is 5.32 Å². The lowest BCUT2D eigenvalue weighted by atomic mass is 9.91. The summed E-state index contributed by atoms with van der Waals surface area (Å²) < 4.78 is 6.12. The Labute approximate surface area is 138 Å². The van der Waals surface area contributed by atoms with E-state index in [4.69, 9.17) is 4.74 Å². The van der Waals surface area contributed by atoms with E-state index < -0.39 is 5.54 Å². The molecule has 0 amide bonds. The lowest BCUT2D eigenvalue weighted by molar-refractivity contribution is -0.145. The van der Waals surface area contributed by atoms with Gasteiger partial charge in [0.25, 0.3) is 0 Å². The van der Waals surface area contributed by atoms with E-state index in [0.717, 1.165) is 20.4 Å². The fraction of sp³-hybridized carbons (Fsp3) is 0.235. The third-order valence-corrected chi connectivity index (χ3v) is 4.15.